The second kappa shape index (κ2) is 12.1. The van der Waals surface area contributed by atoms with Crippen LogP contribution in [0, 0.1) is 11.6 Å². The van der Waals surface area contributed by atoms with Gasteiger partial charge in [-0.05, 0) is 66.4 Å². The van der Waals surface area contributed by atoms with E-state index in [2.05, 4.69) is 4.98 Å². The van der Waals surface area contributed by atoms with Crippen molar-refractivity contribution in [3.05, 3.63) is 100 Å². The lowest BCUT2D eigenvalue weighted by Gasteiger charge is -2.10. The molecule has 222 valence electrons. The Morgan fingerprint density at radius 1 is 1.12 bits per heavy atom. The van der Waals surface area contributed by atoms with Gasteiger partial charge in [-0.25, -0.2) is 23.2 Å². The number of hydrogen-bond donors (Lipinski definition) is 2. The van der Waals surface area contributed by atoms with Crippen LogP contribution in [0.4, 0.5) is 8.78 Å². The van der Waals surface area contributed by atoms with Crippen LogP contribution in [0.1, 0.15) is 46.1 Å². The Morgan fingerprint density at radius 3 is 2.56 bits per heavy atom. The number of nitrogens with two attached hydrogens (primary N) is 1. The molecule has 1 aliphatic rings. The summed E-state index contributed by atoms with van der Waals surface area (Å²) in [5, 5.41) is 21.7. The van der Waals surface area contributed by atoms with Crippen molar-refractivity contribution in [2.45, 2.75) is 30.1 Å². The number of aromatic carboxylic acids is 1. The molecule has 0 spiro atoms. The fourth-order valence-corrected chi connectivity index (χ4v) is 6.24. The number of thiazole rings is 1. The third-order valence-corrected chi connectivity index (χ3v) is 8.78. The minimum Gasteiger partial charge on any atom is -0.870 e. The van der Waals surface area contributed by atoms with E-state index in [9.17, 15) is 18.5 Å². The van der Waals surface area contributed by atoms with E-state index in [1.807, 2.05) is 0 Å². The van der Waals surface area contributed by atoms with Gasteiger partial charge in [-0.2, -0.15) is 5.10 Å². The molecule has 43 heavy (non-hydrogen) atoms. The number of ether oxygens (including phenoxy) is 1. The molecule has 9 nitrogen and oxygen atoms in total. The van der Waals surface area contributed by atoms with Crippen molar-refractivity contribution in [3.63, 3.8) is 0 Å². The molecule has 0 amide bonds. The molecule has 6 rings (SSSR count). The van der Waals surface area contributed by atoms with Gasteiger partial charge < -0.3 is 15.3 Å². The maximum Gasteiger partial charge on any atom is 0.355 e. The molecule has 1 unspecified atom stereocenters. The van der Waals surface area contributed by atoms with Gasteiger partial charge in [-0.1, -0.05) is 22.4 Å². The highest BCUT2D eigenvalue weighted by atomic mass is 32.2. The van der Waals surface area contributed by atoms with Crippen molar-refractivity contribution in [2.24, 2.45) is 5.14 Å². The molecule has 1 aliphatic carbocycles. The number of hydrogen-bond acceptors (Lipinski definition) is 7. The van der Waals surface area contributed by atoms with Gasteiger partial charge in [0.1, 0.15) is 11.6 Å². The third kappa shape index (κ3) is 5.97. The molecule has 0 saturated heterocycles. The van der Waals surface area contributed by atoms with Crippen LogP contribution < -0.4 is 9.88 Å². The number of carbonyl (C=O) groups is 1. The van der Waals surface area contributed by atoms with Crippen LogP contribution in [0.2, 0.25) is 0 Å². The Labute approximate surface area is 251 Å². The lowest BCUT2D eigenvalue weighted by Crippen LogP contribution is -2.06. The van der Waals surface area contributed by atoms with Gasteiger partial charge in [0.2, 0.25) is 10.0 Å². The molecular weight excluding hydrogens is 598 g/mol. The van der Waals surface area contributed by atoms with Crippen LogP contribution in [-0.4, -0.2) is 38.4 Å². The van der Waals surface area contributed by atoms with Gasteiger partial charge in [0.15, 0.2) is 22.5 Å². The lowest BCUT2D eigenvalue weighted by molar-refractivity contribution is 0.0691. The van der Waals surface area contributed by atoms with Gasteiger partial charge in [0.05, 0.1) is 18.5 Å². The quantitative estimate of drug-likeness (QED) is 0.154. The second-order valence-corrected chi connectivity index (χ2v) is 11.9. The summed E-state index contributed by atoms with van der Waals surface area (Å²) in [6.07, 6.45) is 2.06. The highest BCUT2D eigenvalue weighted by Crippen LogP contribution is 2.46. The molecule has 5 aromatic rings. The Balaban J connectivity index is 0.00000368. The molecule has 0 bridgehead atoms. The van der Waals surface area contributed by atoms with Crippen molar-refractivity contribution in [3.8, 4) is 33.3 Å². The molecule has 1 fully saturated rings. The maximum absolute atomic E-state index is 15.2. The van der Waals surface area contributed by atoms with Crippen molar-refractivity contribution in [1.82, 2.24) is 14.8 Å². The van der Waals surface area contributed by atoms with E-state index in [0.29, 0.717) is 38.8 Å². The first-order valence-corrected chi connectivity index (χ1v) is 15.2. The van der Waals surface area contributed by atoms with E-state index in [1.165, 1.54) is 23.6 Å². The number of carboxylic acid groups (broad SMARTS) is 1. The van der Waals surface area contributed by atoms with E-state index in [0.717, 1.165) is 35.4 Å². The first-order valence-electron chi connectivity index (χ1n) is 13.0. The van der Waals surface area contributed by atoms with Gasteiger partial charge in [0.25, 0.3) is 0 Å². The minimum atomic E-state index is -2.34. The van der Waals surface area contributed by atoms with Crippen LogP contribution >= 0.6 is 11.3 Å². The SMILES string of the molecule is COc1cccc(-c2cc(-c3nn(-c4nc(C(=O)O)cs4)c(C4CC4)c3Cc3ccc([SH+](N)=O)c(F)c3)ccc2F)c1.[OH-]. The number of rotatable bonds is 9. The zero-order valence-electron chi connectivity index (χ0n) is 22.7. The predicted molar refractivity (Wildman–Crippen MR) is 159 cm³/mol. The van der Waals surface area contributed by atoms with Crippen LogP contribution in [-0.2, 0) is 21.6 Å². The highest BCUT2D eigenvalue weighted by molar-refractivity contribution is 7.82. The summed E-state index contributed by atoms with van der Waals surface area (Å²) in [7, 11) is -0.798. The van der Waals surface area contributed by atoms with Gasteiger partial charge in [-0.15, -0.1) is 16.5 Å². The summed E-state index contributed by atoms with van der Waals surface area (Å²) >= 11 is 1.16. The Bertz CT molecular complexity index is 1870. The number of methoxy groups -OCH3 is 1. The first kappa shape index (κ1) is 30.2. The third-order valence-electron chi connectivity index (χ3n) is 7.13. The molecule has 2 aromatic heterocycles. The van der Waals surface area contributed by atoms with E-state index >= 15 is 4.39 Å². The number of thiol groups is 1. The van der Waals surface area contributed by atoms with Crippen molar-refractivity contribution >= 4 is 28.3 Å². The average molecular weight is 625 g/mol. The van der Waals surface area contributed by atoms with E-state index < -0.39 is 28.6 Å². The number of aromatic nitrogens is 3. The normalized spacial score (nSPS) is 13.4. The summed E-state index contributed by atoms with van der Waals surface area (Å²) < 4.78 is 48.7. The Kier molecular flexibility index (Phi) is 8.51. The fraction of sp³-hybridized carbons (Fsp3) is 0.167. The standard InChI is InChI=1S/C30H24F2N4O4S2.H2O/c1-40-20-4-2-3-18(13-20)21-14-19(8-9-23(21)31)27-22(11-16-5-10-26(42(33)39)24(32)12-16)28(17-6-7-17)36(35-27)30-34-25(15-41-30)29(37)38;/h2-5,8-10,12-15,17H,6-7,11H2,1H3,(H2,33,39)(H,37,38);1H2. The summed E-state index contributed by atoms with van der Waals surface area (Å²) in [6.45, 7) is 0. The van der Waals surface area contributed by atoms with Crippen LogP contribution in [0.15, 0.2) is 70.9 Å². The summed E-state index contributed by atoms with van der Waals surface area (Å²) in [5.41, 5.74) is 4.29. The van der Waals surface area contributed by atoms with Gasteiger partial charge in [-0.3, -0.25) is 0 Å². The van der Waals surface area contributed by atoms with E-state index in [4.69, 9.17) is 15.0 Å². The largest absolute Gasteiger partial charge is 0.870 e. The van der Waals surface area contributed by atoms with Crippen molar-refractivity contribution < 1.29 is 33.1 Å². The molecule has 3 aromatic carbocycles. The van der Waals surface area contributed by atoms with Gasteiger partial charge in [0, 0.05) is 34.4 Å². The molecule has 0 radical (unpaired) electrons. The summed E-state index contributed by atoms with van der Waals surface area (Å²) in [6, 6.07) is 16.2. The monoisotopic (exact) mass is 624 g/mol. The number of halogens is 2. The zero-order chi connectivity index (χ0) is 29.5. The number of nitrogens with zero attached hydrogens (tertiary/aromatic N) is 3. The molecule has 13 heteroatoms. The molecule has 1 saturated carbocycles. The zero-order valence-corrected chi connectivity index (χ0v) is 24.4. The molecule has 2 heterocycles. The lowest BCUT2D eigenvalue weighted by atomic mass is 9.95. The highest BCUT2D eigenvalue weighted by Gasteiger charge is 2.34. The number of benzene rings is 3. The second-order valence-electron chi connectivity index (χ2n) is 9.93. The average Bonchev–Trinajstić information content (AvgIpc) is 3.56. The van der Waals surface area contributed by atoms with E-state index in [-0.39, 0.29) is 28.4 Å². The fourth-order valence-electron chi connectivity index (χ4n) is 4.98. The van der Waals surface area contributed by atoms with Crippen LogP contribution in [0.5, 0.6) is 5.75 Å². The van der Waals surface area contributed by atoms with Crippen LogP contribution in [0.3, 0.4) is 0 Å². The maximum atomic E-state index is 15.2. The summed E-state index contributed by atoms with van der Waals surface area (Å²) in [5.74, 6) is -1.50. The molecular formula is C30H26F2N4O5S2. The smallest absolute Gasteiger partial charge is 0.355 e. The Hall–Kier alpha value is -4.30. The van der Waals surface area contributed by atoms with Gasteiger partial charge >= 0.3 is 5.97 Å². The molecule has 0 aliphatic heterocycles. The van der Waals surface area contributed by atoms with Crippen molar-refractivity contribution in [1.29, 1.82) is 0 Å². The Morgan fingerprint density at radius 2 is 1.91 bits per heavy atom. The van der Waals surface area contributed by atoms with Crippen LogP contribution in [0.25, 0.3) is 27.5 Å². The number of carboxylic acids is 1. The summed E-state index contributed by atoms with van der Waals surface area (Å²) in [4.78, 5) is 15.8. The molecule has 4 N–H and O–H groups in total. The predicted octanol–water partition coefficient (Wildman–Crippen LogP) is 5.87. The molecule has 1 atom stereocenters. The first-order chi connectivity index (χ1) is 20.2. The van der Waals surface area contributed by atoms with E-state index in [1.54, 1.807) is 54.3 Å². The topological polar surface area (TPSA) is 150 Å². The van der Waals surface area contributed by atoms with Crippen molar-refractivity contribution in [2.75, 3.05) is 7.11 Å². The minimum absolute atomic E-state index is 0.